The Kier molecular flexibility index (Phi) is 4.69. The topological polar surface area (TPSA) is 32.3 Å². The van der Waals surface area contributed by atoms with Crippen LogP contribution in [0.5, 0.6) is 0 Å². The molecule has 0 radical (unpaired) electrons. The molecule has 21 heavy (non-hydrogen) atoms. The van der Waals surface area contributed by atoms with E-state index < -0.39 is 18.3 Å². The van der Waals surface area contributed by atoms with Crippen molar-refractivity contribution in [1.29, 1.82) is 0 Å². The fourth-order valence-electron chi connectivity index (χ4n) is 2.29. The lowest BCUT2D eigenvalue weighted by molar-refractivity contribution is -0.163. The number of rotatable bonds is 4. The Labute approximate surface area is 119 Å². The molecule has 3 nitrogen and oxygen atoms in total. The van der Waals surface area contributed by atoms with Gasteiger partial charge in [-0.3, -0.25) is 4.79 Å². The Balaban J connectivity index is 2.18. The molecule has 0 atom stereocenters. The van der Waals surface area contributed by atoms with Gasteiger partial charge in [-0.25, -0.2) is 8.78 Å². The number of amides is 1. The van der Waals surface area contributed by atoms with E-state index in [0.29, 0.717) is 5.69 Å². The molecule has 0 unspecified atom stereocenters. The number of halogens is 4. The van der Waals surface area contributed by atoms with E-state index in [4.69, 9.17) is 0 Å². The van der Waals surface area contributed by atoms with Crippen molar-refractivity contribution in [2.24, 2.45) is 0 Å². The number of hydrogen-bond donors (Lipinski definition) is 1. The van der Waals surface area contributed by atoms with Gasteiger partial charge in [0.1, 0.15) is 0 Å². The first-order chi connectivity index (χ1) is 9.93. The van der Waals surface area contributed by atoms with E-state index >= 15 is 0 Å². The van der Waals surface area contributed by atoms with Gasteiger partial charge in [-0.2, -0.15) is 8.78 Å². The zero-order chi connectivity index (χ0) is 15.5. The van der Waals surface area contributed by atoms with Gasteiger partial charge >= 0.3 is 18.3 Å². The molecule has 1 saturated heterocycles. The van der Waals surface area contributed by atoms with E-state index in [1.54, 1.807) is 18.2 Å². The number of nitrogens with zero attached hydrogens (tertiary/aromatic N) is 1. The van der Waals surface area contributed by atoms with E-state index in [1.165, 1.54) is 6.07 Å². The van der Waals surface area contributed by atoms with Crippen LogP contribution in [0, 0.1) is 0 Å². The van der Waals surface area contributed by atoms with E-state index in [-0.39, 0.29) is 5.69 Å². The molecule has 1 N–H and O–H groups in total. The Bertz CT molecular complexity index is 502. The summed E-state index contributed by atoms with van der Waals surface area (Å²) in [5, 5.41) is 1.92. The summed E-state index contributed by atoms with van der Waals surface area (Å²) in [6.45, 7) is 1.50. The second-order valence-electron chi connectivity index (χ2n) is 4.94. The van der Waals surface area contributed by atoms with Gasteiger partial charge in [0, 0.05) is 13.1 Å². The Morgan fingerprint density at radius 1 is 1.14 bits per heavy atom. The van der Waals surface area contributed by atoms with Crippen molar-refractivity contribution in [2.45, 2.75) is 31.6 Å². The van der Waals surface area contributed by atoms with Crippen LogP contribution in [0.2, 0.25) is 0 Å². The lowest BCUT2D eigenvalue weighted by Gasteiger charge is -2.30. The number of carbonyl (C=O) groups is 1. The van der Waals surface area contributed by atoms with Crippen molar-refractivity contribution in [3.05, 3.63) is 24.3 Å². The summed E-state index contributed by atoms with van der Waals surface area (Å²) >= 11 is 0. The molecule has 0 spiro atoms. The van der Waals surface area contributed by atoms with Crippen LogP contribution in [0.1, 0.15) is 19.3 Å². The van der Waals surface area contributed by atoms with Crippen LogP contribution in [0.3, 0.4) is 0 Å². The molecule has 1 aliphatic heterocycles. The van der Waals surface area contributed by atoms with Gasteiger partial charge in [0.15, 0.2) is 0 Å². The van der Waals surface area contributed by atoms with Crippen molar-refractivity contribution in [3.8, 4) is 0 Å². The number of anilines is 2. The molecule has 1 aromatic carbocycles. The number of alkyl halides is 4. The van der Waals surface area contributed by atoms with Gasteiger partial charge in [0.2, 0.25) is 0 Å². The quantitative estimate of drug-likeness (QED) is 0.863. The fraction of sp³-hybridized carbons (Fsp3) is 0.500. The molecule has 1 heterocycles. The van der Waals surface area contributed by atoms with Crippen molar-refractivity contribution in [3.63, 3.8) is 0 Å². The standard InChI is InChI=1S/C14H16F4N2O/c15-12(16)14(17,18)13(21)19-10-6-2-3-7-11(10)20-8-4-1-5-9-20/h2-3,6-7,12H,1,4-5,8-9H2,(H,19,21). The molecule has 2 rings (SSSR count). The predicted octanol–water partition coefficient (Wildman–Crippen LogP) is 3.52. The van der Waals surface area contributed by atoms with Gasteiger partial charge in [-0.15, -0.1) is 0 Å². The minimum atomic E-state index is -4.70. The van der Waals surface area contributed by atoms with Gasteiger partial charge in [0.25, 0.3) is 0 Å². The third kappa shape index (κ3) is 3.46. The largest absolute Gasteiger partial charge is 0.383 e. The third-order valence-electron chi connectivity index (χ3n) is 3.43. The molecule has 0 bridgehead atoms. The van der Waals surface area contributed by atoms with E-state index in [0.717, 1.165) is 32.4 Å². The summed E-state index contributed by atoms with van der Waals surface area (Å²) in [4.78, 5) is 13.3. The highest BCUT2D eigenvalue weighted by Gasteiger charge is 2.49. The normalized spacial score (nSPS) is 16.1. The molecule has 7 heteroatoms. The zero-order valence-electron chi connectivity index (χ0n) is 11.3. The van der Waals surface area contributed by atoms with Crippen LogP contribution in [0.4, 0.5) is 28.9 Å². The van der Waals surface area contributed by atoms with Crippen LogP contribution in [-0.4, -0.2) is 31.3 Å². The lowest BCUT2D eigenvalue weighted by atomic mass is 10.1. The molecule has 0 saturated carbocycles. The minimum absolute atomic E-state index is 0.129. The highest BCUT2D eigenvalue weighted by atomic mass is 19.3. The smallest absolute Gasteiger partial charge is 0.370 e. The van der Waals surface area contributed by atoms with E-state index in [1.807, 2.05) is 10.2 Å². The lowest BCUT2D eigenvalue weighted by Crippen LogP contribution is -2.41. The molecule has 0 aromatic heterocycles. The van der Waals surface area contributed by atoms with Gasteiger partial charge < -0.3 is 10.2 Å². The maximum absolute atomic E-state index is 13.0. The molecule has 1 aliphatic rings. The highest BCUT2D eigenvalue weighted by molar-refractivity contribution is 5.99. The molecular formula is C14H16F4N2O. The average Bonchev–Trinajstić information content (AvgIpc) is 2.48. The molecule has 0 aliphatic carbocycles. The number of para-hydroxylation sites is 2. The number of benzene rings is 1. The first kappa shape index (κ1) is 15.6. The van der Waals surface area contributed by atoms with Crippen LogP contribution in [-0.2, 0) is 4.79 Å². The number of piperidine rings is 1. The highest BCUT2D eigenvalue weighted by Crippen LogP contribution is 2.31. The molecule has 1 amide bonds. The van der Waals surface area contributed by atoms with E-state index in [2.05, 4.69) is 0 Å². The van der Waals surface area contributed by atoms with Crippen LogP contribution < -0.4 is 10.2 Å². The van der Waals surface area contributed by atoms with Crippen molar-refractivity contribution in [1.82, 2.24) is 0 Å². The van der Waals surface area contributed by atoms with Crippen molar-refractivity contribution < 1.29 is 22.4 Å². The monoisotopic (exact) mass is 304 g/mol. The summed E-state index contributed by atoms with van der Waals surface area (Å²) in [7, 11) is 0. The maximum atomic E-state index is 13.0. The Hall–Kier alpha value is -1.79. The summed E-state index contributed by atoms with van der Waals surface area (Å²) in [5.74, 6) is -6.68. The Morgan fingerprint density at radius 3 is 2.38 bits per heavy atom. The molecule has 116 valence electrons. The van der Waals surface area contributed by atoms with Gasteiger partial charge in [0.05, 0.1) is 11.4 Å². The number of carbonyl (C=O) groups excluding carboxylic acids is 1. The minimum Gasteiger partial charge on any atom is -0.370 e. The molecule has 1 fully saturated rings. The van der Waals surface area contributed by atoms with Gasteiger partial charge in [-0.1, -0.05) is 12.1 Å². The predicted molar refractivity (Wildman–Crippen MR) is 72.1 cm³/mol. The van der Waals surface area contributed by atoms with Crippen molar-refractivity contribution in [2.75, 3.05) is 23.3 Å². The number of hydrogen-bond acceptors (Lipinski definition) is 2. The second-order valence-corrected chi connectivity index (χ2v) is 4.94. The zero-order valence-corrected chi connectivity index (χ0v) is 11.3. The summed E-state index contributed by atoms with van der Waals surface area (Å²) in [6.07, 6.45) is -1.00. The summed E-state index contributed by atoms with van der Waals surface area (Å²) < 4.78 is 50.4. The van der Waals surface area contributed by atoms with Crippen LogP contribution in [0.15, 0.2) is 24.3 Å². The first-order valence-electron chi connectivity index (χ1n) is 6.74. The maximum Gasteiger partial charge on any atom is 0.383 e. The summed E-state index contributed by atoms with van der Waals surface area (Å²) in [5.41, 5.74) is 0.709. The van der Waals surface area contributed by atoms with Crippen LogP contribution in [0.25, 0.3) is 0 Å². The SMILES string of the molecule is O=C(Nc1ccccc1N1CCCCC1)C(F)(F)C(F)F. The average molecular weight is 304 g/mol. The first-order valence-corrected chi connectivity index (χ1v) is 6.74. The van der Waals surface area contributed by atoms with E-state index in [9.17, 15) is 22.4 Å². The third-order valence-corrected chi connectivity index (χ3v) is 3.43. The number of nitrogens with one attached hydrogen (secondary N) is 1. The summed E-state index contributed by atoms with van der Waals surface area (Å²) in [6, 6.07) is 6.39. The fourth-order valence-corrected chi connectivity index (χ4v) is 2.29. The van der Waals surface area contributed by atoms with Gasteiger partial charge in [-0.05, 0) is 31.4 Å². The van der Waals surface area contributed by atoms with Crippen LogP contribution >= 0.6 is 0 Å². The Morgan fingerprint density at radius 2 is 1.76 bits per heavy atom. The van der Waals surface area contributed by atoms with Crippen molar-refractivity contribution >= 4 is 17.3 Å². The molecular weight excluding hydrogens is 288 g/mol. The molecule has 1 aromatic rings. The second kappa shape index (κ2) is 6.32.